The molecule has 2 aromatic carbocycles. The van der Waals surface area contributed by atoms with Gasteiger partial charge in [0.1, 0.15) is 17.5 Å². The molecule has 0 bridgehead atoms. The summed E-state index contributed by atoms with van der Waals surface area (Å²) in [5, 5.41) is 11.3. The Hall–Kier alpha value is -2.41. The smallest absolute Gasteiger partial charge is 0.545 e. The minimum Gasteiger partial charge on any atom is -0.545 e. The maximum absolute atomic E-state index is 14.3. The summed E-state index contributed by atoms with van der Waals surface area (Å²) in [6.45, 7) is 3.45. The number of aromatic nitrogens is 1. The molecule has 0 radical (unpaired) electrons. The Kier molecular flexibility index (Phi) is 8.39. The van der Waals surface area contributed by atoms with Crippen LogP contribution in [-0.2, 0) is 12.8 Å². The molecule has 3 aromatic rings. The zero-order valence-corrected chi connectivity index (χ0v) is 21.5. The van der Waals surface area contributed by atoms with E-state index in [1.807, 2.05) is 13.0 Å². The number of carbonyl (C=O) groups excluding carboxylic acids is 1. The van der Waals surface area contributed by atoms with Crippen LogP contribution in [0.4, 0.5) is 13.2 Å². The summed E-state index contributed by atoms with van der Waals surface area (Å²) in [5.41, 5.74) is 5.33. The first-order valence-electron chi connectivity index (χ1n) is 10.9. The first kappa shape index (κ1) is 26.2. The molecule has 0 fully saturated rings. The molecule has 4 rings (SSSR count). The maximum atomic E-state index is 14.3. The molecule has 0 N–H and O–H groups in total. The summed E-state index contributed by atoms with van der Waals surface area (Å²) in [4.78, 5) is 15.9. The van der Waals surface area contributed by atoms with E-state index < -0.39 is 29.0 Å². The van der Waals surface area contributed by atoms with Crippen molar-refractivity contribution in [1.29, 1.82) is 0 Å². The van der Waals surface area contributed by atoms with Crippen LogP contribution in [-0.4, -0.2) is 11.0 Å². The zero-order valence-electron chi connectivity index (χ0n) is 19.5. The second kappa shape index (κ2) is 10.9. The summed E-state index contributed by atoms with van der Waals surface area (Å²) < 4.78 is 42.2. The van der Waals surface area contributed by atoms with E-state index in [1.54, 1.807) is 12.3 Å². The third-order valence-corrected chi connectivity index (χ3v) is 6.14. The first-order valence-corrected chi connectivity index (χ1v) is 10.9. The van der Waals surface area contributed by atoms with E-state index in [-0.39, 0.29) is 35.1 Å². The first-order chi connectivity index (χ1) is 15.7. The molecule has 0 saturated carbocycles. The minimum atomic E-state index is -1.56. The Bertz CT molecular complexity index is 1290. The van der Waals surface area contributed by atoms with Crippen molar-refractivity contribution in [1.82, 2.24) is 4.98 Å². The largest absolute Gasteiger partial charge is 1.00 e. The van der Waals surface area contributed by atoms with Gasteiger partial charge in [-0.25, -0.2) is 13.2 Å². The van der Waals surface area contributed by atoms with Crippen LogP contribution in [0.1, 0.15) is 63.1 Å². The van der Waals surface area contributed by atoms with E-state index in [2.05, 4.69) is 4.98 Å². The van der Waals surface area contributed by atoms with Gasteiger partial charge in [0.25, 0.3) is 0 Å². The monoisotopic (exact) mass is 473 g/mol. The van der Waals surface area contributed by atoms with E-state index in [4.69, 9.17) is 0 Å². The van der Waals surface area contributed by atoms with E-state index in [0.29, 0.717) is 24.0 Å². The molecule has 1 aliphatic carbocycles. The van der Waals surface area contributed by atoms with Crippen molar-refractivity contribution in [2.75, 3.05) is 0 Å². The number of carboxylic acid groups (broad SMARTS) is 1. The molecule has 0 saturated heterocycles. The number of carbonyl (C=O) groups is 1. The third-order valence-electron chi connectivity index (χ3n) is 6.14. The number of pyridine rings is 1. The Morgan fingerprint density at radius 3 is 2.41 bits per heavy atom. The quantitative estimate of drug-likeness (QED) is 0.517. The van der Waals surface area contributed by atoms with Gasteiger partial charge < -0.3 is 9.90 Å². The second-order valence-corrected chi connectivity index (χ2v) is 8.49. The Labute approximate surface area is 219 Å². The maximum Gasteiger partial charge on any atom is 1.00 e. The van der Waals surface area contributed by atoms with Gasteiger partial charge in [-0.1, -0.05) is 6.07 Å². The molecule has 0 spiro atoms. The van der Waals surface area contributed by atoms with Gasteiger partial charge in [0.15, 0.2) is 0 Å². The summed E-state index contributed by atoms with van der Waals surface area (Å²) in [5.74, 6) is -3.27. The number of hydrogen-bond acceptors (Lipinski definition) is 3. The van der Waals surface area contributed by atoms with Crippen LogP contribution in [0, 0.1) is 31.3 Å². The number of hydrogen-bond donors (Lipinski definition) is 0. The molecule has 0 atom stereocenters. The minimum absolute atomic E-state index is 0. The number of nitrogens with zero attached hydrogens (tertiary/aromatic N) is 1. The van der Waals surface area contributed by atoms with Crippen LogP contribution in [0.5, 0.6) is 0 Å². The van der Waals surface area contributed by atoms with E-state index in [1.165, 1.54) is 25.1 Å². The fourth-order valence-electron chi connectivity index (χ4n) is 4.42. The molecular weight excluding hydrogens is 450 g/mol. The number of halogens is 3. The fraction of sp³-hybridized carbons (Fsp3) is 0.259. The van der Waals surface area contributed by atoms with Crippen molar-refractivity contribution in [3.63, 3.8) is 0 Å². The van der Waals surface area contributed by atoms with Gasteiger partial charge in [-0.15, -0.1) is 0 Å². The zero-order chi connectivity index (χ0) is 23.7. The predicted molar refractivity (Wildman–Crippen MR) is 119 cm³/mol. The van der Waals surface area contributed by atoms with Gasteiger partial charge >= 0.3 is 29.6 Å². The van der Waals surface area contributed by atoms with Crippen LogP contribution < -0.4 is 34.7 Å². The SMILES string of the molecule is Cc1cnc(CCc2cc(F)c(C)cc2F)c(C2=C(c3ccc(F)c(C(=O)[O-])c3)CCC2)c1.[Na+]. The number of aryl methyl sites for hydroxylation is 4. The molecule has 170 valence electrons. The fourth-order valence-corrected chi connectivity index (χ4v) is 4.42. The summed E-state index contributed by atoms with van der Waals surface area (Å²) >= 11 is 0. The summed E-state index contributed by atoms with van der Waals surface area (Å²) in [6.07, 6.45) is 4.80. The molecule has 1 aliphatic rings. The van der Waals surface area contributed by atoms with Gasteiger partial charge in [-0.2, -0.15) is 0 Å². The van der Waals surface area contributed by atoms with Gasteiger partial charge in [0, 0.05) is 17.5 Å². The van der Waals surface area contributed by atoms with E-state index in [0.717, 1.165) is 53.3 Å². The Morgan fingerprint density at radius 1 is 0.941 bits per heavy atom. The molecule has 1 heterocycles. The van der Waals surface area contributed by atoms with E-state index >= 15 is 0 Å². The number of benzene rings is 2. The standard InChI is InChI=1S/C27H24F3NO2.Na/c1-15-10-21(26(31-14-15)9-7-18-13-24(29)16(2)11-25(18)30)20-5-3-4-19(20)17-6-8-23(28)22(12-17)27(32)33;/h6,8,10-14H,3-5,7,9H2,1-2H3,(H,32,33);/q;+1/p-1. The third kappa shape index (κ3) is 5.45. The van der Waals surface area contributed by atoms with Crippen molar-refractivity contribution in [2.24, 2.45) is 0 Å². The molecule has 34 heavy (non-hydrogen) atoms. The molecular formula is C27H23F3NNaO2. The normalized spacial score (nSPS) is 13.2. The van der Waals surface area contributed by atoms with E-state index in [9.17, 15) is 23.1 Å². The van der Waals surface area contributed by atoms with Crippen LogP contribution in [0.15, 0.2) is 42.6 Å². The number of rotatable bonds is 6. The van der Waals surface area contributed by atoms with Crippen molar-refractivity contribution >= 4 is 17.1 Å². The molecule has 7 heteroatoms. The predicted octanol–water partition coefficient (Wildman–Crippen LogP) is 2.36. The van der Waals surface area contributed by atoms with Crippen molar-refractivity contribution < 1.29 is 52.6 Å². The van der Waals surface area contributed by atoms with Crippen LogP contribution >= 0.6 is 0 Å². The van der Waals surface area contributed by atoms with Gasteiger partial charge in [0.2, 0.25) is 0 Å². The van der Waals surface area contributed by atoms with Crippen LogP contribution in [0.3, 0.4) is 0 Å². The topological polar surface area (TPSA) is 53.0 Å². The van der Waals surface area contributed by atoms with Crippen LogP contribution in [0.2, 0.25) is 0 Å². The van der Waals surface area contributed by atoms with Gasteiger partial charge in [-0.3, -0.25) is 4.98 Å². The second-order valence-electron chi connectivity index (χ2n) is 8.49. The number of carboxylic acids is 1. The summed E-state index contributed by atoms with van der Waals surface area (Å²) in [6, 6.07) is 8.49. The van der Waals surface area contributed by atoms with Gasteiger partial charge in [0.05, 0.1) is 5.97 Å². The van der Waals surface area contributed by atoms with Crippen molar-refractivity contribution in [2.45, 2.75) is 46.0 Å². The molecule has 0 amide bonds. The summed E-state index contributed by atoms with van der Waals surface area (Å²) in [7, 11) is 0. The van der Waals surface area contributed by atoms with Crippen LogP contribution in [0.25, 0.3) is 11.1 Å². The molecule has 3 nitrogen and oxygen atoms in total. The van der Waals surface area contributed by atoms with Gasteiger partial charge in [-0.05, 0) is 115 Å². The average molecular weight is 473 g/mol. The Balaban J connectivity index is 0.00000324. The van der Waals surface area contributed by atoms with Crippen molar-refractivity contribution in [3.05, 3.63) is 99.1 Å². The molecule has 0 unspecified atom stereocenters. The molecule has 1 aromatic heterocycles. The Morgan fingerprint density at radius 2 is 1.68 bits per heavy atom. The number of aromatic carboxylic acids is 1. The molecule has 0 aliphatic heterocycles. The van der Waals surface area contributed by atoms with Crippen molar-refractivity contribution in [3.8, 4) is 0 Å². The number of allylic oxidation sites excluding steroid dienone is 2. The average Bonchev–Trinajstić information content (AvgIpc) is 3.26.